The van der Waals surface area contributed by atoms with Crippen molar-refractivity contribution in [2.75, 3.05) is 0 Å². The summed E-state index contributed by atoms with van der Waals surface area (Å²) in [7, 11) is 0. The molecule has 2 aliphatic heterocycles. The Hall–Kier alpha value is -0.164. The quantitative estimate of drug-likeness (QED) is 0.332. The summed E-state index contributed by atoms with van der Waals surface area (Å²) in [6.45, 7) is 3.39. The zero-order chi connectivity index (χ0) is 16.2. The van der Waals surface area contributed by atoms with Crippen LogP contribution in [0.4, 0.5) is 0 Å². The number of aliphatic carboxylic acids is 1. The maximum Gasteiger partial charge on any atom is 1.00 e. The first kappa shape index (κ1) is 19.2. The van der Waals surface area contributed by atoms with Gasteiger partial charge in [0.2, 0.25) is 11.7 Å². The Kier molecular flexibility index (Phi) is 5.52. The summed E-state index contributed by atoms with van der Waals surface area (Å²) in [6, 6.07) is 1.84. The molecule has 2 fully saturated rings. The van der Waals surface area contributed by atoms with Gasteiger partial charge in [-0.05, 0) is 26.0 Å². The number of hydrogen-bond donors (Lipinski definition) is 1. The van der Waals surface area contributed by atoms with Gasteiger partial charge >= 0.3 is 51.4 Å². The van der Waals surface area contributed by atoms with Crippen molar-refractivity contribution in [1.29, 1.82) is 0 Å². The maximum atomic E-state index is 12.2. The van der Waals surface area contributed by atoms with Gasteiger partial charge in [0, 0.05) is 4.75 Å². The van der Waals surface area contributed by atoms with Crippen LogP contribution in [0, 0.1) is 5.92 Å². The minimum absolute atomic E-state index is 0. The minimum atomic E-state index is -1.55. The van der Waals surface area contributed by atoms with Gasteiger partial charge in [-0.1, -0.05) is 0 Å². The molecular formula is C14H14KNO6S. The average molecular weight is 363 g/mol. The number of thioether (sulfide) groups is 1. The molecule has 23 heavy (non-hydrogen) atoms. The van der Waals surface area contributed by atoms with Crippen LogP contribution in [0.5, 0.6) is 0 Å². The zero-order valence-electron chi connectivity index (χ0n) is 12.9. The van der Waals surface area contributed by atoms with E-state index in [0.717, 1.165) is 0 Å². The molecule has 0 aromatic carbocycles. The number of aliphatic hydroxyl groups is 1. The summed E-state index contributed by atoms with van der Waals surface area (Å²) in [5.74, 6) is -3.56. The van der Waals surface area contributed by atoms with E-state index in [1.54, 1.807) is 13.8 Å². The van der Waals surface area contributed by atoms with Gasteiger partial charge in [0.1, 0.15) is 12.0 Å². The third kappa shape index (κ3) is 2.96. The first-order valence-electron chi connectivity index (χ1n) is 6.72. The molecule has 4 atom stereocenters. The second-order valence-electron chi connectivity index (χ2n) is 5.89. The molecule has 0 radical (unpaired) electrons. The number of carboxylic acid groups (broad SMARTS) is 1. The van der Waals surface area contributed by atoms with E-state index in [2.05, 4.69) is 0 Å². The molecule has 0 unspecified atom stereocenters. The number of β-lactam (4-membered cyclic amide) rings is 1. The molecule has 1 N–H and O–H groups in total. The van der Waals surface area contributed by atoms with E-state index in [9.17, 15) is 24.6 Å². The molecule has 1 aromatic rings. The molecule has 3 heterocycles. The molecule has 2 saturated heterocycles. The van der Waals surface area contributed by atoms with Gasteiger partial charge in [-0.3, -0.25) is 9.59 Å². The third-order valence-corrected chi connectivity index (χ3v) is 5.67. The number of rotatable bonds is 4. The molecule has 0 aliphatic carbocycles. The molecular weight excluding hydrogens is 349 g/mol. The first-order chi connectivity index (χ1) is 10.3. The van der Waals surface area contributed by atoms with Crippen molar-refractivity contribution in [3.63, 3.8) is 0 Å². The smallest absolute Gasteiger partial charge is 0.548 e. The van der Waals surface area contributed by atoms with Crippen LogP contribution >= 0.6 is 11.8 Å². The number of carboxylic acids is 1. The number of carbonyl (C=O) groups is 3. The van der Waals surface area contributed by atoms with Crippen molar-refractivity contribution in [2.24, 2.45) is 5.92 Å². The van der Waals surface area contributed by atoms with Crippen LogP contribution in [-0.4, -0.2) is 49.9 Å². The summed E-state index contributed by atoms with van der Waals surface area (Å²) in [5.41, 5.74) is 0. The Bertz CT molecular complexity index is 646. The van der Waals surface area contributed by atoms with Crippen molar-refractivity contribution in [1.82, 2.24) is 4.90 Å². The van der Waals surface area contributed by atoms with E-state index >= 15 is 0 Å². The number of aliphatic hydroxyl groups excluding tert-OH is 1. The Morgan fingerprint density at radius 1 is 1.48 bits per heavy atom. The fourth-order valence-electron chi connectivity index (χ4n) is 3.04. The van der Waals surface area contributed by atoms with Gasteiger partial charge in [-0.15, -0.1) is 11.8 Å². The van der Waals surface area contributed by atoms with E-state index in [4.69, 9.17) is 4.42 Å². The number of furan rings is 1. The van der Waals surface area contributed by atoms with Crippen LogP contribution in [0.3, 0.4) is 0 Å². The first-order valence-corrected chi connectivity index (χ1v) is 7.60. The second kappa shape index (κ2) is 6.62. The minimum Gasteiger partial charge on any atom is -0.548 e. The van der Waals surface area contributed by atoms with E-state index in [0.29, 0.717) is 0 Å². The van der Waals surface area contributed by atoms with Crippen LogP contribution in [0.25, 0.3) is 0 Å². The molecule has 118 valence electrons. The van der Waals surface area contributed by atoms with Gasteiger partial charge in [-0.2, -0.15) is 0 Å². The van der Waals surface area contributed by atoms with Crippen molar-refractivity contribution < 1.29 is 80.4 Å². The Balaban J connectivity index is 0.00000192. The molecule has 1 amide bonds. The Morgan fingerprint density at radius 2 is 2.13 bits per heavy atom. The maximum absolute atomic E-state index is 12.2. The molecule has 0 bridgehead atoms. The zero-order valence-corrected chi connectivity index (χ0v) is 16.8. The molecule has 9 heteroatoms. The van der Waals surface area contributed by atoms with Crippen molar-refractivity contribution >= 4 is 29.4 Å². The SMILES string of the molecule is CC1(C)S[C@@H]2[C@H]([C@H](O)C(=O)c3ccco3)C(=O)N2[C@H]1C(=O)[O-].[K+]. The van der Waals surface area contributed by atoms with Gasteiger partial charge in [-0.25, -0.2) is 0 Å². The molecule has 0 saturated carbocycles. The monoisotopic (exact) mass is 363 g/mol. The number of fused-ring (bicyclic) bond motifs is 1. The summed E-state index contributed by atoms with van der Waals surface area (Å²) >= 11 is 1.25. The van der Waals surface area contributed by atoms with Gasteiger partial charge in [0.05, 0.1) is 23.6 Å². The topological polar surface area (TPSA) is 111 Å². The fraction of sp³-hybridized carbons (Fsp3) is 0.500. The van der Waals surface area contributed by atoms with Gasteiger partial charge < -0.3 is 24.3 Å². The van der Waals surface area contributed by atoms with E-state index < -0.39 is 45.8 Å². The predicted molar refractivity (Wildman–Crippen MR) is 73.6 cm³/mol. The van der Waals surface area contributed by atoms with Gasteiger partial charge in [0.15, 0.2) is 5.76 Å². The van der Waals surface area contributed by atoms with Crippen LogP contribution in [0.2, 0.25) is 0 Å². The second-order valence-corrected chi connectivity index (χ2v) is 7.66. The van der Waals surface area contributed by atoms with E-state index in [-0.39, 0.29) is 57.1 Å². The van der Waals surface area contributed by atoms with E-state index in [1.165, 1.54) is 35.1 Å². The van der Waals surface area contributed by atoms with Crippen molar-refractivity contribution in [3.05, 3.63) is 24.2 Å². The molecule has 7 nitrogen and oxygen atoms in total. The average Bonchev–Trinajstić information content (AvgIpc) is 3.02. The summed E-state index contributed by atoms with van der Waals surface area (Å²) in [6.07, 6.45) is -0.252. The summed E-state index contributed by atoms with van der Waals surface area (Å²) < 4.78 is 4.19. The number of amides is 1. The number of hydrogen-bond acceptors (Lipinski definition) is 7. The largest absolute Gasteiger partial charge is 1.00 e. The summed E-state index contributed by atoms with van der Waals surface area (Å²) in [4.78, 5) is 36.8. The summed E-state index contributed by atoms with van der Waals surface area (Å²) in [5, 5.41) is 20.9. The fourth-order valence-corrected chi connectivity index (χ4v) is 4.75. The normalized spacial score (nSPS) is 29.3. The van der Waals surface area contributed by atoms with Crippen molar-refractivity contribution in [3.8, 4) is 0 Å². The molecule has 0 spiro atoms. The number of Topliss-reactive ketones (excluding diaryl/α,β-unsaturated/α-hetero) is 1. The van der Waals surface area contributed by atoms with E-state index in [1.807, 2.05) is 0 Å². The Labute approximate surface area is 179 Å². The molecule has 3 rings (SSSR count). The standard InChI is InChI=1S/C14H15NO6S.K/c1-14(2)10(13(19)20)15-11(18)7(12(15)22-14)9(17)8(16)6-4-3-5-21-6;/h3-5,7,9-10,12,17H,1-2H3,(H,19,20);/q;+1/p-1/t7-,9+,10+,12-;/m1./s1. The van der Waals surface area contributed by atoms with Crippen molar-refractivity contribution in [2.45, 2.75) is 36.1 Å². The predicted octanol–water partition coefficient (Wildman–Crippen LogP) is -3.74. The number of nitrogens with zero attached hydrogens (tertiary/aromatic N) is 1. The molecule has 1 aromatic heterocycles. The third-order valence-electron chi connectivity index (χ3n) is 4.08. The van der Waals surface area contributed by atoms with Crippen LogP contribution in [0.1, 0.15) is 24.4 Å². The van der Waals surface area contributed by atoms with Crippen LogP contribution in [0.15, 0.2) is 22.8 Å². The van der Waals surface area contributed by atoms with Gasteiger partial charge in [0.25, 0.3) is 0 Å². The number of ketones is 1. The van der Waals surface area contributed by atoms with Crippen LogP contribution in [-0.2, 0) is 9.59 Å². The molecule has 2 aliphatic rings. The van der Waals surface area contributed by atoms with Crippen LogP contribution < -0.4 is 56.5 Å². The Morgan fingerprint density at radius 3 is 2.65 bits per heavy atom. The number of carbonyl (C=O) groups excluding carboxylic acids is 3.